The number of aryl methyl sites for hydroxylation is 1. The van der Waals surface area contributed by atoms with E-state index in [-0.39, 0.29) is 21.8 Å². The van der Waals surface area contributed by atoms with E-state index >= 15 is 0 Å². The van der Waals surface area contributed by atoms with Crippen molar-refractivity contribution in [2.24, 2.45) is 5.92 Å². The molecule has 0 radical (unpaired) electrons. The summed E-state index contributed by atoms with van der Waals surface area (Å²) in [6, 6.07) is 11.9. The molecule has 1 fully saturated rings. The Bertz CT molecular complexity index is 1420. The first-order valence-corrected chi connectivity index (χ1v) is 13.1. The quantitative estimate of drug-likeness (QED) is 0.514. The van der Waals surface area contributed by atoms with Gasteiger partial charge in [0.15, 0.2) is 0 Å². The van der Waals surface area contributed by atoms with E-state index in [0.717, 1.165) is 23.3 Å². The minimum atomic E-state index is -4.24. The monoisotopic (exact) mass is 509 g/mol. The first-order valence-electron chi connectivity index (χ1n) is 11.6. The van der Waals surface area contributed by atoms with Crippen molar-refractivity contribution in [3.8, 4) is 17.0 Å². The standard InChI is InChI=1S/C26H31N5O4S/c1-16-14-26(3,4)31(15-16)24-19(25(32)30-36(33,34)22-7-6-12-28-23(22)27)10-11-20(29-24)18-9-8-17(2)21(13-18)35-5/h6-13,16H,14-15H2,1-5H3,(H2,27,28)(H,30,32)/t16-/m0/s1. The zero-order valence-electron chi connectivity index (χ0n) is 21.1. The van der Waals surface area contributed by atoms with Gasteiger partial charge in [0.2, 0.25) is 0 Å². The van der Waals surface area contributed by atoms with Gasteiger partial charge in [-0.3, -0.25) is 4.79 Å². The normalized spacial score (nSPS) is 17.1. The third-order valence-electron chi connectivity index (χ3n) is 6.47. The molecule has 9 nitrogen and oxygen atoms in total. The van der Waals surface area contributed by atoms with E-state index in [9.17, 15) is 13.2 Å². The van der Waals surface area contributed by atoms with Crippen molar-refractivity contribution in [3.63, 3.8) is 0 Å². The molecule has 1 atom stereocenters. The zero-order valence-corrected chi connectivity index (χ0v) is 21.9. The molecule has 1 aliphatic heterocycles. The molecule has 1 saturated heterocycles. The number of nitrogens with zero attached hydrogens (tertiary/aromatic N) is 3. The van der Waals surface area contributed by atoms with Gasteiger partial charge in [0.25, 0.3) is 15.9 Å². The number of benzene rings is 1. The Morgan fingerprint density at radius 1 is 1.22 bits per heavy atom. The number of nitrogen functional groups attached to an aromatic ring is 1. The number of amides is 1. The number of rotatable bonds is 6. The minimum absolute atomic E-state index is 0.158. The molecule has 4 rings (SSSR count). The van der Waals surface area contributed by atoms with Crippen molar-refractivity contribution < 1.29 is 17.9 Å². The van der Waals surface area contributed by atoms with Crippen LogP contribution in [0.15, 0.2) is 53.6 Å². The van der Waals surface area contributed by atoms with Gasteiger partial charge < -0.3 is 15.4 Å². The van der Waals surface area contributed by atoms with Crippen LogP contribution < -0.4 is 20.1 Å². The van der Waals surface area contributed by atoms with Gasteiger partial charge >= 0.3 is 0 Å². The highest BCUT2D eigenvalue weighted by molar-refractivity contribution is 7.90. The molecule has 1 aromatic carbocycles. The van der Waals surface area contributed by atoms with Gasteiger partial charge in [0.05, 0.1) is 18.4 Å². The Morgan fingerprint density at radius 2 is 1.97 bits per heavy atom. The number of sulfonamides is 1. The number of hydrogen-bond acceptors (Lipinski definition) is 8. The Labute approximate surface area is 211 Å². The summed E-state index contributed by atoms with van der Waals surface area (Å²) in [5.74, 6) is 0.555. The molecule has 3 N–H and O–H groups in total. The molecule has 36 heavy (non-hydrogen) atoms. The van der Waals surface area contributed by atoms with Gasteiger partial charge in [-0.05, 0) is 69.0 Å². The van der Waals surface area contributed by atoms with Crippen molar-refractivity contribution in [1.29, 1.82) is 0 Å². The number of ether oxygens (including phenoxy) is 1. The van der Waals surface area contributed by atoms with Crippen LogP contribution in [0.2, 0.25) is 0 Å². The smallest absolute Gasteiger partial charge is 0.268 e. The lowest BCUT2D eigenvalue weighted by Gasteiger charge is -2.34. The van der Waals surface area contributed by atoms with Crippen LogP contribution in [0.1, 0.15) is 43.1 Å². The van der Waals surface area contributed by atoms with Gasteiger partial charge in [-0.1, -0.05) is 19.1 Å². The maximum atomic E-state index is 13.4. The number of aromatic nitrogens is 2. The lowest BCUT2D eigenvalue weighted by Crippen LogP contribution is -2.41. The van der Waals surface area contributed by atoms with Crippen LogP contribution in [0.3, 0.4) is 0 Å². The second-order valence-electron chi connectivity index (χ2n) is 9.81. The van der Waals surface area contributed by atoms with Gasteiger partial charge in [0.1, 0.15) is 22.3 Å². The second-order valence-corrected chi connectivity index (χ2v) is 11.5. The van der Waals surface area contributed by atoms with Crippen LogP contribution in [0, 0.1) is 12.8 Å². The van der Waals surface area contributed by atoms with E-state index < -0.39 is 15.9 Å². The Hall–Kier alpha value is -3.66. The summed E-state index contributed by atoms with van der Waals surface area (Å²) in [6.45, 7) is 8.97. The number of pyridine rings is 2. The highest BCUT2D eigenvalue weighted by Gasteiger charge is 2.39. The zero-order chi connectivity index (χ0) is 26.3. The fourth-order valence-corrected chi connectivity index (χ4v) is 5.84. The van der Waals surface area contributed by atoms with E-state index in [1.165, 1.54) is 18.3 Å². The Kier molecular flexibility index (Phi) is 6.66. The lowest BCUT2D eigenvalue weighted by molar-refractivity contribution is 0.0981. The van der Waals surface area contributed by atoms with Gasteiger partial charge in [-0.15, -0.1) is 0 Å². The summed E-state index contributed by atoms with van der Waals surface area (Å²) in [5.41, 5.74) is 8.09. The van der Waals surface area contributed by atoms with E-state index in [4.69, 9.17) is 15.5 Å². The molecular weight excluding hydrogens is 478 g/mol. The lowest BCUT2D eigenvalue weighted by atomic mass is 9.97. The van der Waals surface area contributed by atoms with Crippen molar-refractivity contribution in [3.05, 3.63) is 59.8 Å². The molecule has 0 spiro atoms. The average Bonchev–Trinajstić information content (AvgIpc) is 3.10. The summed E-state index contributed by atoms with van der Waals surface area (Å²) < 4.78 is 33.5. The van der Waals surface area contributed by atoms with E-state index in [2.05, 4.69) is 35.4 Å². The number of nitrogens with two attached hydrogens (primary N) is 1. The topological polar surface area (TPSA) is 128 Å². The van der Waals surface area contributed by atoms with Gasteiger partial charge in [-0.25, -0.2) is 23.1 Å². The minimum Gasteiger partial charge on any atom is -0.496 e. The summed E-state index contributed by atoms with van der Waals surface area (Å²) >= 11 is 0. The van der Waals surface area contributed by atoms with Crippen LogP contribution in [-0.2, 0) is 10.0 Å². The van der Waals surface area contributed by atoms with Gasteiger partial charge in [0, 0.05) is 23.8 Å². The number of methoxy groups -OCH3 is 1. The Morgan fingerprint density at radius 3 is 2.61 bits per heavy atom. The molecule has 3 heterocycles. The highest BCUT2D eigenvalue weighted by Crippen LogP contribution is 2.38. The molecule has 2 aromatic heterocycles. The second kappa shape index (κ2) is 9.42. The number of anilines is 2. The fraction of sp³-hybridized carbons (Fsp3) is 0.346. The molecule has 0 unspecified atom stereocenters. The Balaban J connectivity index is 1.80. The van der Waals surface area contributed by atoms with E-state index in [1.807, 2.05) is 25.1 Å². The molecule has 3 aromatic rings. The summed E-state index contributed by atoms with van der Waals surface area (Å²) in [7, 11) is -2.63. The van der Waals surface area contributed by atoms with Crippen LogP contribution >= 0.6 is 0 Å². The van der Waals surface area contributed by atoms with Crippen molar-refractivity contribution >= 4 is 27.6 Å². The summed E-state index contributed by atoms with van der Waals surface area (Å²) in [6.07, 6.45) is 2.29. The molecule has 0 aliphatic carbocycles. The predicted octanol–water partition coefficient (Wildman–Crippen LogP) is 3.79. The number of nitrogens with one attached hydrogen (secondary N) is 1. The molecular formula is C26H31N5O4S. The maximum Gasteiger partial charge on any atom is 0.268 e. The first kappa shape index (κ1) is 25.4. The van der Waals surface area contributed by atoms with Crippen molar-refractivity contribution in [1.82, 2.24) is 14.7 Å². The highest BCUT2D eigenvalue weighted by atomic mass is 32.2. The van der Waals surface area contributed by atoms with E-state index in [1.54, 1.807) is 19.2 Å². The molecule has 0 bridgehead atoms. The third-order valence-corrected chi connectivity index (χ3v) is 7.85. The first-order chi connectivity index (χ1) is 16.9. The van der Waals surface area contributed by atoms with Crippen molar-refractivity contribution in [2.75, 3.05) is 24.3 Å². The number of hydrogen-bond donors (Lipinski definition) is 2. The number of carbonyl (C=O) groups excluding carboxylic acids is 1. The molecule has 0 saturated carbocycles. The average molecular weight is 510 g/mol. The molecule has 190 valence electrons. The molecule has 10 heteroatoms. The van der Waals surface area contributed by atoms with Crippen molar-refractivity contribution in [2.45, 2.75) is 44.6 Å². The van der Waals surface area contributed by atoms with E-state index in [0.29, 0.717) is 24.0 Å². The molecule has 1 aliphatic rings. The number of carbonyl (C=O) groups is 1. The maximum absolute atomic E-state index is 13.4. The summed E-state index contributed by atoms with van der Waals surface area (Å²) in [4.78, 5) is 23.9. The van der Waals surface area contributed by atoms with Crippen LogP contribution in [0.4, 0.5) is 11.6 Å². The third kappa shape index (κ3) is 4.86. The predicted molar refractivity (Wildman–Crippen MR) is 139 cm³/mol. The van der Waals surface area contributed by atoms with Crippen LogP contribution in [0.25, 0.3) is 11.3 Å². The fourth-order valence-electron chi connectivity index (χ4n) is 4.79. The molecule has 1 amide bonds. The summed E-state index contributed by atoms with van der Waals surface area (Å²) in [5, 5.41) is 0. The van der Waals surface area contributed by atoms with Crippen LogP contribution in [-0.4, -0.2) is 43.5 Å². The largest absolute Gasteiger partial charge is 0.496 e. The SMILES string of the molecule is COc1cc(-c2ccc(C(=O)NS(=O)(=O)c3cccnc3N)c(N3C[C@@H](C)CC3(C)C)n2)ccc1C. The van der Waals surface area contributed by atoms with Gasteiger partial charge in [-0.2, -0.15) is 0 Å². The van der Waals surface area contributed by atoms with Crippen LogP contribution in [0.5, 0.6) is 5.75 Å².